The second-order valence-corrected chi connectivity index (χ2v) is 4.53. The standard InChI is InChI=1S/C12H17ClN2O.C2H6/c1-14-11-4-10(13)5-12(6-11)16-8-9-2-3-15-7-9;1-2/h4-6,9,14-15H,2-3,7-8H2,1H3;1-2H3. The summed E-state index contributed by atoms with van der Waals surface area (Å²) >= 11 is 5.99. The van der Waals surface area contributed by atoms with Crippen molar-refractivity contribution in [1.82, 2.24) is 5.32 Å². The van der Waals surface area contributed by atoms with Gasteiger partial charge in [-0.05, 0) is 25.1 Å². The Balaban J connectivity index is 0.000000771. The van der Waals surface area contributed by atoms with E-state index in [-0.39, 0.29) is 0 Å². The summed E-state index contributed by atoms with van der Waals surface area (Å²) in [5.41, 5.74) is 0.979. The average Bonchev–Trinajstić information content (AvgIpc) is 2.91. The molecule has 0 bridgehead atoms. The Labute approximate surface area is 115 Å². The molecule has 0 saturated carbocycles. The van der Waals surface area contributed by atoms with Crippen LogP contribution in [0.5, 0.6) is 5.75 Å². The van der Waals surface area contributed by atoms with Gasteiger partial charge in [-0.25, -0.2) is 0 Å². The van der Waals surface area contributed by atoms with Gasteiger partial charge in [-0.1, -0.05) is 25.4 Å². The zero-order valence-electron chi connectivity index (χ0n) is 11.4. The highest BCUT2D eigenvalue weighted by Gasteiger charge is 2.15. The van der Waals surface area contributed by atoms with Crippen molar-refractivity contribution in [3.05, 3.63) is 23.2 Å². The van der Waals surface area contributed by atoms with Gasteiger partial charge in [0.15, 0.2) is 0 Å². The van der Waals surface area contributed by atoms with E-state index >= 15 is 0 Å². The molecule has 1 aliphatic rings. The van der Waals surface area contributed by atoms with Crippen LogP contribution in [-0.2, 0) is 0 Å². The Morgan fingerprint density at radius 2 is 2.17 bits per heavy atom. The quantitative estimate of drug-likeness (QED) is 0.880. The van der Waals surface area contributed by atoms with Crippen molar-refractivity contribution in [2.45, 2.75) is 20.3 Å². The van der Waals surface area contributed by atoms with Gasteiger partial charge in [-0.2, -0.15) is 0 Å². The molecule has 1 atom stereocenters. The van der Waals surface area contributed by atoms with Crippen LogP contribution < -0.4 is 15.4 Å². The van der Waals surface area contributed by atoms with Crippen molar-refractivity contribution >= 4 is 17.3 Å². The Hall–Kier alpha value is -0.930. The maximum atomic E-state index is 5.99. The molecule has 102 valence electrons. The lowest BCUT2D eigenvalue weighted by Gasteiger charge is -2.12. The van der Waals surface area contributed by atoms with E-state index in [0.29, 0.717) is 10.9 Å². The number of rotatable bonds is 4. The molecule has 0 aromatic heterocycles. The van der Waals surface area contributed by atoms with Crippen LogP contribution in [0.1, 0.15) is 20.3 Å². The van der Waals surface area contributed by atoms with Crippen LogP contribution in [0.4, 0.5) is 5.69 Å². The van der Waals surface area contributed by atoms with Crippen molar-refractivity contribution in [3.63, 3.8) is 0 Å². The predicted molar refractivity (Wildman–Crippen MR) is 78.8 cm³/mol. The Bertz CT molecular complexity index is 352. The third-order valence-corrected chi connectivity index (χ3v) is 3.03. The van der Waals surface area contributed by atoms with E-state index in [2.05, 4.69) is 10.6 Å². The second-order valence-electron chi connectivity index (χ2n) is 4.10. The van der Waals surface area contributed by atoms with Gasteiger partial charge in [-0.15, -0.1) is 0 Å². The number of anilines is 1. The van der Waals surface area contributed by atoms with E-state index in [1.807, 2.05) is 39.1 Å². The molecule has 2 rings (SSSR count). The zero-order valence-corrected chi connectivity index (χ0v) is 12.2. The first kappa shape index (κ1) is 15.1. The van der Waals surface area contributed by atoms with Crippen LogP contribution in [0.2, 0.25) is 5.02 Å². The molecule has 0 spiro atoms. The molecule has 4 heteroatoms. The summed E-state index contributed by atoms with van der Waals surface area (Å²) < 4.78 is 5.75. The molecule has 1 aliphatic heterocycles. The minimum absolute atomic E-state index is 0.622. The van der Waals surface area contributed by atoms with Gasteiger partial charge in [0.2, 0.25) is 0 Å². The first-order chi connectivity index (χ1) is 8.78. The molecule has 2 N–H and O–H groups in total. The fourth-order valence-corrected chi connectivity index (χ4v) is 2.09. The number of nitrogens with one attached hydrogen (secondary N) is 2. The van der Waals surface area contributed by atoms with E-state index in [4.69, 9.17) is 16.3 Å². The van der Waals surface area contributed by atoms with Crippen LogP contribution in [0.15, 0.2) is 18.2 Å². The number of hydrogen-bond acceptors (Lipinski definition) is 3. The first-order valence-corrected chi connectivity index (χ1v) is 6.97. The molecule has 1 aromatic rings. The lowest BCUT2D eigenvalue weighted by atomic mass is 10.1. The van der Waals surface area contributed by atoms with E-state index < -0.39 is 0 Å². The Morgan fingerprint density at radius 3 is 2.78 bits per heavy atom. The molecule has 1 saturated heterocycles. The van der Waals surface area contributed by atoms with Crippen molar-refractivity contribution in [3.8, 4) is 5.75 Å². The van der Waals surface area contributed by atoms with Gasteiger partial charge in [0.05, 0.1) is 6.61 Å². The van der Waals surface area contributed by atoms with Gasteiger partial charge >= 0.3 is 0 Å². The highest BCUT2D eigenvalue weighted by molar-refractivity contribution is 6.31. The van der Waals surface area contributed by atoms with Gasteiger partial charge in [0.25, 0.3) is 0 Å². The fourth-order valence-electron chi connectivity index (χ4n) is 1.86. The molecular formula is C14H23ClN2O. The van der Waals surface area contributed by atoms with Crippen molar-refractivity contribution < 1.29 is 4.74 Å². The second kappa shape index (κ2) is 8.22. The van der Waals surface area contributed by atoms with E-state index in [0.717, 1.165) is 31.1 Å². The maximum Gasteiger partial charge on any atom is 0.122 e. The van der Waals surface area contributed by atoms with Crippen molar-refractivity contribution in [2.75, 3.05) is 32.1 Å². The first-order valence-electron chi connectivity index (χ1n) is 6.60. The monoisotopic (exact) mass is 270 g/mol. The third-order valence-electron chi connectivity index (χ3n) is 2.81. The molecule has 1 fully saturated rings. The molecule has 0 radical (unpaired) electrons. The molecule has 1 heterocycles. The van der Waals surface area contributed by atoms with E-state index in [9.17, 15) is 0 Å². The lowest BCUT2D eigenvalue weighted by molar-refractivity contribution is 0.260. The Kier molecular flexibility index (Phi) is 6.91. The normalized spacial score (nSPS) is 17.9. The minimum atomic E-state index is 0.622. The van der Waals surface area contributed by atoms with Crippen molar-refractivity contribution in [2.24, 2.45) is 5.92 Å². The average molecular weight is 271 g/mol. The van der Waals surface area contributed by atoms with Gasteiger partial charge in [-0.3, -0.25) is 0 Å². The molecule has 0 aliphatic carbocycles. The SMILES string of the molecule is CC.CNc1cc(Cl)cc(OCC2CCNC2)c1. The molecule has 3 nitrogen and oxygen atoms in total. The van der Waals surface area contributed by atoms with Crippen LogP contribution in [0, 0.1) is 5.92 Å². The summed E-state index contributed by atoms with van der Waals surface area (Å²) in [6, 6.07) is 5.70. The minimum Gasteiger partial charge on any atom is -0.493 e. The predicted octanol–water partition coefficient (Wildman–Crippen LogP) is 3.40. The maximum absolute atomic E-state index is 5.99. The zero-order chi connectivity index (χ0) is 13.4. The molecule has 0 amide bonds. The summed E-state index contributed by atoms with van der Waals surface area (Å²) in [6.45, 7) is 6.92. The number of hydrogen-bond donors (Lipinski definition) is 2. The number of ether oxygens (including phenoxy) is 1. The summed E-state index contributed by atoms with van der Waals surface area (Å²) in [5, 5.41) is 7.08. The van der Waals surface area contributed by atoms with Crippen LogP contribution in [-0.4, -0.2) is 26.7 Å². The molecule has 18 heavy (non-hydrogen) atoms. The van der Waals surface area contributed by atoms with Gasteiger partial charge in [0.1, 0.15) is 5.75 Å². The van der Waals surface area contributed by atoms with Gasteiger partial charge in [0, 0.05) is 36.3 Å². The molecule has 1 aromatic carbocycles. The van der Waals surface area contributed by atoms with E-state index in [1.165, 1.54) is 6.42 Å². The van der Waals surface area contributed by atoms with Crippen LogP contribution in [0.25, 0.3) is 0 Å². The number of halogens is 1. The smallest absolute Gasteiger partial charge is 0.122 e. The Morgan fingerprint density at radius 1 is 1.39 bits per heavy atom. The number of benzene rings is 1. The molecule has 1 unspecified atom stereocenters. The lowest BCUT2D eigenvalue weighted by Crippen LogP contribution is -2.15. The van der Waals surface area contributed by atoms with Crippen LogP contribution >= 0.6 is 11.6 Å². The third kappa shape index (κ3) is 4.75. The van der Waals surface area contributed by atoms with E-state index in [1.54, 1.807) is 0 Å². The highest BCUT2D eigenvalue weighted by atomic mass is 35.5. The summed E-state index contributed by atoms with van der Waals surface area (Å²) in [5.74, 6) is 1.46. The summed E-state index contributed by atoms with van der Waals surface area (Å²) in [4.78, 5) is 0. The fraction of sp³-hybridized carbons (Fsp3) is 0.571. The topological polar surface area (TPSA) is 33.3 Å². The summed E-state index contributed by atoms with van der Waals surface area (Å²) in [6.07, 6.45) is 1.19. The highest BCUT2D eigenvalue weighted by Crippen LogP contribution is 2.24. The largest absolute Gasteiger partial charge is 0.493 e. The van der Waals surface area contributed by atoms with Crippen LogP contribution in [0.3, 0.4) is 0 Å². The van der Waals surface area contributed by atoms with Crippen molar-refractivity contribution in [1.29, 1.82) is 0 Å². The summed E-state index contributed by atoms with van der Waals surface area (Å²) in [7, 11) is 1.87. The van der Waals surface area contributed by atoms with Gasteiger partial charge < -0.3 is 15.4 Å². The molecular weight excluding hydrogens is 248 g/mol.